The normalized spacial score (nSPS) is 24.5. The van der Waals surface area contributed by atoms with Gasteiger partial charge in [-0.15, -0.1) is 10.2 Å². The van der Waals surface area contributed by atoms with Crippen LogP contribution < -0.4 is 5.73 Å². The summed E-state index contributed by atoms with van der Waals surface area (Å²) >= 11 is 0. The Bertz CT molecular complexity index is 744. The molecule has 0 radical (unpaired) electrons. The summed E-state index contributed by atoms with van der Waals surface area (Å²) in [5, 5.41) is 18.7. The molecule has 1 aliphatic heterocycles. The molecule has 2 fully saturated rings. The fraction of sp³-hybridized carbons (Fsp3) is 0.600. The van der Waals surface area contributed by atoms with Gasteiger partial charge in [0.1, 0.15) is 17.4 Å². The van der Waals surface area contributed by atoms with Gasteiger partial charge in [0.25, 0.3) is 0 Å². The summed E-state index contributed by atoms with van der Waals surface area (Å²) in [6, 6.07) is 8.05. The zero-order valence-corrected chi connectivity index (χ0v) is 15.5. The van der Waals surface area contributed by atoms with Crippen LogP contribution in [0, 0.1) is 0 Å². The number of phenols is 1. The van der Waals surface area contributed by atoms with Crippen LogP contribution in [0.25, 0.3) is 0 Å². The maximum atomic E-state index is 9.70. The number of aromatic hydroxyl groups is 1. The molecule has 3 N–H and O–H groups in total. The van der Waals surface area contributed by atoms with E-state index in [9.17, 15) is 5.11 Å². The van der Waals surface area contributed by atoms with Crippen LogP contribution >= 0.6 is 0 Å². The van der Waals surface area contributed by atoms with Gasteiger partial charge >= 0.3 is 0 Å². The molecule has 0 bridgehead atoms. The van der Waals surface area contributed by atoms with Crippen molar-refractivity contribution in [2.24, 2.45) is 5.73 Å². The fourth-order valence-electron chi connectivity index (χ4n) is 4.39. The Morgan fingerprint density at radius 2 is 1.92 bits per heavy atom. The second-order valence-electron chi connectivity index (χ2n) is 7.79. The van der Waals surface area contributed by atoms with E-state index in [2.05, 4.69) is 32.7 Å². The van der Waals surface area contributed by atoms with Crippen LogP contribution in [0.1, 0.15) is 61.7 Å². The monoisotopic (exact) mass is 355 g/mol. The first-order chi connectivity index (χ1) is 12.6. The average Bonchev–Trinajstić information content (AvgIpc) is 3.01. The van der Waals surface area contributed by atoms with Crippen LogP contribution in [-0.4, -0.2) is 43.9 Å². The predicted octanol–water partition coefficient (Wildman–Crippen LogP) is 2.59. The summed E-state index contributed by atoms with van der Waals surface area (Å²) < 4.78 is 2.29. The number of piperidine rings is 1. The highest BCUT2D eigenvalue weighted by molar-refractivity contribution is 5.30. The lowest BCUT2D eigenvalue weighted by Crippen LogP contribution is -2.36. The Hall–Kier alpha value is -1.92. The zero-order valence-electron chi connectivity index (χ0n) is 15.5. The molecular formula is C20H29N5O. The number of phenolic OH excluding ortho intramolecular Hbond substituents is 1. The van der Waals surface area contributed by atoms with E-state index >= 15 is 0 Å². The summed E-state index contributed by atoms with van der Waals surface area (Å²) in [5.74, 6) is 3.60. The van der Waals surface area contributed by atoms with Gasteiger partial charge in [0.2, 0.25) is 0 Å². The van der Waals surface area contributed by atoms with Gasteiger partial charge in [-0.2, -0.15) is 0 Å². The van der Waals surface area contributed by atoms with E-state index in [-0.39, 0.29) is 0 Å². The van der Waals surface area contributed by atoms with Crippen LogP contribution in [-0.2, 0) is 13.1 Å². The number of hydrogen-bond acceptors (Lipinski definition) is 5. The molecular weight excluding hydrogens is 326 g/mol. The molecule has 0 spiro atoms. The van der Waals surface area contributed by atoms with Gasteiger partial charge < -0.3 is 15.4 Å². The molecule has 6 nitrogen and oxygen atoms in total. The maximum absolute atomic E-state index is 9.70. The number of benzene rings is 1. The third-order valence-electron chi connectivity index (χ3n) is 6.01. The fourth-order valence-corrected chi connectivity index (χ4v) is 4.39. The van der Waals surface area contributed by atoms with Gasteiger partial charge in [-0.25, -0.2) is 0 Å². The molecule has 1 aromatic heterocycles. The first kappa shape index (κ1) is 17.5. The Balaban J connectivity index is 1.37. The Labute approximate surface area is 155 Å². The minimum Gasteiger partial charge on any atom is -0.508 e. The van der Waals surface area contributed by atoms with E-state index in [1.807, 2.05) is 12.1 Å². The molecule has 1 aliphatic carbocycles. The molecule has 2 aromatic rings. The highest BCUT2D eigenvalue weighted by Gasteiger charge is 2.32. The second-order valence-corrected chi connectivity index (χ2v) is 7.79. The smallest absolute Gasteiger partial charge is 0.147 e. The summed E-state index contributed by atoms with van der Waals surface area (Å²) in [6.07, 6.45) is 4.31. The standard InChI is InChI=1S/C20H29N5O/c1-2-25-19(22-23-20(25)16-10-17(21)11-16)13-24-8-6-14(7-9-24)15-4-3-5-18(26)12-15/h3-5,12,14,16-17,26H,2,6-11,13,21H2,1H3. The Morgan fingerprint density at radius 1 is 1.15 bits per heavy atom. The van der Waals surface area contributed by atoms with E-state index in [1.165, 1.54) is 5.56 Å². The molecule has 6 heteroatoms. The van der Waals surface area contributed by atoms with Crippen molar-refractivity contribution < 1.29 is 5.11 Å². The van der Waals surface area contributed by atoms with Crippen molar-refractivity contribution >= 4 is 0 Å². The van der Waals surface area contributed by atoms with Crippen molar-refractivity contribution in [3.63, 3.8) is 0 Å². The topological polar surface area (TPSA) is 80.2 Å². The molecule has 0 unspecified atom stereocenters. The van der Waals surface area contributed by atoms with Crippen molar-refractivity contribution in [3.8, 4) is 5.75 Å². The number of aromatic nitrogens is 3. The minimum absolute atomic E-state index is 0.335. The highest BCUT2D eigenvalue weighted by atomic mass is 16.3. The first-order valence-corrected chi connectivity index (χ1v) is 9.83. The van der Waals surface area contributed by atoms with Crippen molar-refractivity contribution in [2.45, 2.75) is 63.6 Å². The van der Waals surface area contributed by atoms with E-state index in [4.69, 9.17) is 5.73 Å². The van der Waals surface area contributed by atoms with Gasteiger partial charge in [0.15, 0.2) is 0 Å². The molecule has 4 rings (SSSR count). The summed E-state index contributed by atoms with van der Waals surface area (Å²) in [5.41, 5.74) is 7.20. The molecule has 1 aromatic carbocycles. The average molecular weight is 355 g/mol. The largest absolute Gasteiger partial charge is 0.508 e. The number of rotatable bonds is 5. The van der Waals surface area contributed by atoms with Gasteiger partial charge in [0.05, 0.1) is 6.54 Å². The molecule has 140 valence electrons. The number of hydrogen-bond donors (Lipinski definition) is 2. The molecule has 1 saturated carbocycles. The van der Waals surface area contributed by atoms with E-state index in [0.29, 0.717) is 23.6 Å². The second kappa shape index (κ2) is 7.37. The SMILES string of the molecule is CCn1c(CN2CCC(c3cccc(O)c3)CC2)nnc1C1CC(N)C1. The van der Waals surface area contributed by atoms with E-state index in [0.717, 1.165) is 63.5 Å². The van der Waals surface area contributed by atoms with Gasteiger partial charge in [-0.1, -0.05) is 12.1 Å². The zero-order chi connectivity index (χ0) is 18.1. The molecule has 0 atom stereocenters. The molecule has 26 heavy (non-hydrogen) atoms. The number of likely N-dealkylation sites (tertiary alicyclic amines) is 1. The lowest BCUT2D eigenvalue weighted by Gasteiger charge is -2.33. The lowest BCUT2D eigenvalue weighted by atomic mass is 9.80. The van der Waals surface area contributed by atoms with Crippen molar-refractivity contribution in [3.05, 3.63) is 41.5 Å². The van der Waals surface area contributed by atoms with E-state index in [1.54, 1.807) is 6.07 Å². The van der Waals surface area contributed by atoms with Gasteiger partial charge in [-0.05, 0) is 69.3 Å². The van der Waals surface area contributed by atoms with Crippen LogP contribution in [0.15, 0.2) is 24.3 Å². The van der Waals surface area contributed by atoms with Crippen LogP contribution in [0.3, 0.4) is 0 Å². The van der Waals surface area contributed by atoms with Crippen molar-refractivity contribution in [2.75, 3.05) is 13.1 Å². The lowest BCUT2D eigenvalue weighted by molar-refractivity contribution is 0.197. The third-order valence-corrected chi connectivity index (χ3v) is 6.01. The molecule has 2 aliphatic rings. The molecule has 2 heterocycles. The van der Waals surface area contributed by atoms with Crippen LogP contribution in [0.4, 0.5) is 0 Å². The van der Waals surface area contributed by atoms with E-state index < -0.39 is 0 Å². The van der Waals surface area contributed by atoms with Gasteiger partial charge in [-0.3, -0.25) is 4.90 Å². The van der Waals surface area contributed by atoms with Crippen molar-refractivity contribution in [1.29, 1.82) is 0 Å². The minimum atomic E-state index is 0.335. The predicted molar refractivity (Wildman–Crippen MR) is 101 cm³/mol. The van der Waals surface area contributed by atoms with Gasteiger partial charge in [0, 0.05) is 18.5 Å². The number of nitrogens with two attached hydrogens (primary N) is 1. The number of nitrogens with zero attached hydrogens (tertiary/aromatic N) is 4. The first-order valence-electron chi connectivity index (χ1n) is 9.83. The quantitative estimate of drug-likeness (QED) is 0.862. The Kier molecular flexibility index (Phi) is 4.96. The van der Waals surface area contributed by atoms with Crippen LogP contribution in [0.2, 0.25) is 0 Å². The maximum Gasteiger partial charge on any atom is 0.147 e. The highest BCUT2D eigenvalue weighted by Crippen LogP contribution is 2.35. The van der Waals surface area contributed by atoms with Crippen molar-refractivity contribution in [1.82, 2.24) is 19.7 Å². The Morgan fingerprint density at radius 3 is 2.58 bits per heavy atom. The third kappa shape index (κ3) is 3.48. The molecule has 1 saturated heterocycles. The summed E-state index contributed by atoms with van der Waals surface area (Å²) in [7, 11) is 0. The molecule has 0 amide bonds. The van der Waals surface area contributed by atoms with Crippen LogP contribution in [0.5, 0.6) is 5.75 Å². The summed E-state index contributed by atoms with van der Waals surface area (Å²) in [4.78, 5) is 2.48. The summed E-state index contributed by atoms with van der Waals surface area (Å²) in [6.45, 7) is 6.07.